The van der Waals surface area contributed by atoms with E-state index in [9.17, 15) is 14.4 Å². The first-order valence-corrected chi connectivity index (χ1v) is 6.60. The lowest BCUT2D eigenvalue weighted by molar-refractivity contribution is -0.148. The summed E-state index contributed by atoms with van der Waals surface area (Å²) in [4.78, 5) is 40.1. The van der Waals surface area contributed by atoms with Crippen molar-refractivity contribution in [2.24, 2.45) is 0 Å². The van der Waals surface area contributed by atoms with Crippen molar-refractivity contribution in [3.05, 3.63) is 16.4 Å². The molecule has 0 bridgehead atoms. The number of hydrogen-bond donors (Lipinski definition) is 1. The van der Waals surface area contributed by atoms with Gasteiger partial charge in [0.05, 0.1) is 13.2 Å². The predicted octanol–water partition coefficient (Wildman–Crippen LogP) is -0.870. The number of aromatic amines is 1. The minimum atomic E-state index is -0.665. The topological polar surface area (TPSA) is 109 Å². The molecular weight excluding hydrogens is 280 g/mol. The summed E-state index contributed by atoms with van der Waals surface area (Å²) in [6.45, 7) is 4.07. The maximum absolute atomic E-state index is 12.4. The molecule has 2 unspecified atom stereocenters. The van der Waals surface area contributed by atoms with Crippen LogP contribution in [0.2, 0.25) is 0 Å². The maximum atomic E-state index is 12.4. The summed E-state index contributed by atoms with van der Waals surface area (Å²) in [5.41, 5.74) is 0. The number of carbonyl (C=O) groups excluding carboxylic acids is 2. The fourth-order valence-corrected chi connectivity index (χ4v) is 2.10. The van der Waals surface area contributed by atoms with Gasteiger partial charge in [0.1, 0.15) is 12.1 Å². The monoisotopic (exact) mass is 298 g/mol. The van der Waals surface area contributed by atoms with Gasteiger partial charge in [-0.2, -0.15) is 0 Å². The van der Waals surface area contributed by atoms with Crippen LogP contribution in [0.15, 0.2) is 9.32 Å². The van der Waals surface area contributed by atoms with E-state index in [1.807, 2.05) is 0 Å². The number of nitrogens with one attached hydrogen (secondary N) is 1. The second-order valence-electron chi connectivity index (χ2n) is 4.93. The standard InChI is InChI=1S/C12H18N4O5/c1-7(15(3)8(2)17)11(18)16-4-5-20-9(6-16)10-13-12(19)21-14-10/h7,9H,4-6H2,1-3H3,(H,13,14,19). The molecule has 0 radical (unpaired) electrons. The molecule has 0 aliphatic carbocycles. The van der Waals surface area contributed by atoms with Gasteiger partial charge in [0, 0.05) is 20.5 Å². The van der Waals surface area contributed by atoms with Crippen molar-refractivity contribution in [2.75, 3.05) is 26.7 Å². The molecule has 1 aromatic rings. The Bertz CT molecular complexity index is 580. The number of hydrogen-bond acceptors (Lipinski definition) is 6. The first-order valence-electron chi connectivity index (χ1n) is 6.60. The van der Waals surface area contributed by atoms with Crippen molar-refractivity contribution in [3.8, 4) is 0 Å². The van der Waals surface area contributed by atoms with E-state index in [1.54, 1.807) is 18.9 Å². The Kier molecular flexibility index (Phi) is 4.41. The summed E-state index contributed by atoms with van der Waals surface area (Å²) in [6, 6.07) is -0.558. The van der Waals surface area contributed by atoms with Crippen LogP contribution in [0.3, 0.4) is 0 Å². The van der Waals surface area contributed by atoms with Crippen molar-refractivity contribution < 1.29 is 18.8 Å². The van der Waals surface area contributed by atoms with Crippen molar-refractivity contribution >= 4 is 11.8 Å². The van der Waals surface area contributed by atoms with Crippen LogP contribution in [-0.4, -0.2) is 64.5 Å². The Labute approximate surface area is 120 Å². The van der Waals surface area contributed by atoms with E-state index in [1.165, 1.54) is 11.8 Å². The van der Waals surface area contributed by atoms with Crippen molar-refractivity contribution in [1.82, 2.24) is 19.9 Å². The molecule has 1 fully saturated rings. The number of nitrogens with zero attached hydrogens (tertiary/aromatic N) is 3. The molecule has 2 rings (SSSR count). The highest BCUT2D eigenvalue weighted by Gasteiger charge is 2.32. The molecule has 116 valence electrons. The molecule has 1 aliphatic heterocycles. The summed E-state index contributed by atoms with van der Waals surface area (Å²) < 4.78 is 9.91. The maximum Gasteiger partial charge on any atom is 0.438 e. The van der Waals surface area contributed by atoms with Crippen LogP contribution < -0.4 is 5.76 Å². The first-order chi connectivity index (χ1) is 9.90. The lowest BCUT2D eigenvalue weighted by atomic mass is 10.2. The highest BCUT2D eigenvalue weighted by atomic mass is 16.5. The average Bonchev–Trinajstić information content (AvgIpc) is 2.91. The van der Waals surface area contributed by atoms with Gasteiger partial charge in [-0.05, 0) is 6.92 Å². The van der Waals surface area contributed by atoms with Gasteiger partial charge in [0.2, 0.25) is 11.8 Å². The molecule has 21 heavy (non-hydrogen) atoms. The lowest BCUT2D eigenvalue weighted by Gasteiger charge is -2.35. The van der Waals surface area contributed by atoms with E-state index in [4.69, 9.17) is 4.74 Å². The first kappa shape index (κ1) is 15.2. The van der Waals surface area contributed by atoms with E-state index in [0.717, 1.165) is 0 Å². The normalized spacial score (nSPS) is 20.1. The molecule has 0 aromatic carbocycles. The molecule has 2 atom stereocenters. The van der Waals surface area contributed by atoms with Gasteiger partial charge in [0.25, 0.3) is 0 Å². The second kappa shape index (κ2) is 6.08. The minimum Gasteiger partial charge on any atom is -0.366 e. The molecule has 9 heteroatoms. The fourth-order valence-electron chi connectivity index (χ4n) is 2.10. The zero-order valence-electron chi connectivity index (χ0n) is 12.2. The molecule has 2 heterocycles. The molecule has 2 amide bonds. The lowest BCUT2D eigenvalue weighted by Crippen LogP contribution is -2.51. The van der Waals surface area contributed by atoms with E-state index in [2.05, 4.69) is 14.7 Å². The number of ether oxygens (including phenoxy) is 1. The van der Waals surface area contributed by atoms with Crippen LogP contribution in [-0.2, 0) is 14.3 Å². The van der Waals surface area contributed by atoms with Gasteiger partial charge in [-0.1, -0.05) is 5.16 Å². The summed E-state index contributed by atoms with van der Waals surface area (Å²) in [5, 5.41) is 3.57. The Morgan fingerprint density at radius 3 is 2.81 bits per heavy atom. The SMILES string of the molecule is CC(=O)N(C)C(C)C(=O)N1CCOC(c2noc(=O)[nH]2)C1. The number of morpholine rings is 1. The van der Waals surface area contributed by atoms with Crippen LogP contribution in [0.25, 0.3) is 0 Å². The van der Waals surface area contributed by atoms with Crippen molar-refractivity contribution in [1.29, 1.82) is 0 Å². The molecule has 0 spiro atoms. The largest absolute Gasteiger partial charge is 0.438 e. The van der Waals surface area contributed by atoms with E-state index < -0.39 is 17.9 Å². The Balaban J connectivity index is 2.05. The molecule has 1 aromatic heterocycles. The summed E-state index contributed by atoms with van der Waals surface area (Å²) in [5.74, 6) is -0.764. The van der Waals surface area contributed by atoms with Crippen LogP contribution in [0.5, 0.6) is 0 Å². The van der Waals surface area contributed by atoms with Gasteiger partial charge >= 0.3 is 5.76 Å². The van der Waals surface area contributed by atoms with Gasteiger partial charge in [-0.15, -0.1) is 0 Å². The number of H-pyrrole nitrogens is 1. The molecule has 1 saturated heterocycles. The average molecular weight is 298 g/mol. The molecular formula is C12H18N4O5. The number of amides is 2. The zero-order chi connectivity index (χ0) is 15.6. The minimum absolute atomic E-state index is 0.174. The van der Waals surface area contributed by atoms with E-state index in [-0.39, 0.29) is 24.2 Å². The quantitative estimate of drug-likeness (QED) is 0.777. The number of rotatable bonds is 3. The molecule has 0 saturated carbocycles. The zero-order valence-corrected chi connectivity index (χ0v) is 12.2. The molecule has 1 N–H and O–H groups in total. The Hall–Kier alpha value is -2.16. The Morgan fingerprint density at radius 2 is 2.24 bits per heavy atom. The fraction of sp³-hybridized carbons (Fsp3) is 0.667. The summed E-state index contributed by atoms with van der Waals surface area (Å²) >= 11 is 0. The van der Waals surface area contributed by atoms with Gasteiger partial charge < -0.3 is 14.5 Å². The number of aromatic nitrogens is 2. The predicted molar refractivity (Wildman–Crippen MR) is 70.3 cm³/mol. The summed E-state index contributed by atoms with van der Waals surface area (Å²) in [6.07, 6.45) is -0.538. The van der Waals surface area contributed by atoms with Gasteiger partial charge in [0.15, 0.2) is 5.82 Å². The van der Waals surface area contributed by atoms with Crippen LogP contribution in [0.1, 0.15) is 25.8 Å². The third-order valence-corrected chi connectivity index (χ3v) is 3.58. The smallest absolute Gasteiger partial charge is 0.366 e. The van der Waals surface area contributed by atoms with E-state index in [0.29, 0.717) is 13.2 Å². The van der Waals surface area contributed by atoms with Crippen LogP contribution >= 0.6 is 0 Å². The number of likely N-dealkylation sites (N-methyl/N-ethyl adjacent to an activating group) is 1. The van der Waals surface area contributed by atoms with E-state index >= 15 is 0 Å². The van der Waals surface area contributed by atoms with Crippen molar-refractivity contribution in [3.63, 3.8) is 0 Å². The second-order valence-corrected chi connectivity index (χ2v) is 4.93. The summed E-state index contributed by atoms with van der Waals surface area (Å²) in [7, 11) is 1.58. The third-order valence-electron chi connectivity index (χ3n) is 3.58. The van der Waals surface area contributed by atoms with Crippen molar-refractivity contribution in [2.45, 2.75) is 26.0 Å². The van der Waals surface area contributed by atoms with Gasteiger partial charge in [-0.3, -0.25) is 19.1 Å². The number of carbonyl (C=O) groups is 2. The van der Waals surface area contributed by atoms with Gasteiger partial charge in [-0.25, -0.2) is 4.79 Å². The highest BCUT2D eigenvalue weighted by molar-refractivity contribution is 5.86. The highest BCUT2D eigenvalue weighted by Crippen LogP contribution is 2.19. The molecule has 9 nitrogen and oxygen atoms in total. The van der Waals surface area contributed by atoms with Crippen LogP contribution in [0, 0.1) is 0 Å². The third kappa shape index (κ3) is 3.30. The Morgan fingerprint density at radius 1 is 1.52 bits per heavy atom. The molecule has 1 aliphatic rings. The van der Waals surface area contributed by atoms with Crippen LogP contribution in [0.4, 0.5) is 0 Å².